The fourth-order valence-electron chi connectivity index (χ4n) is 4.33. The van der Waals surface area contributed by atoms with Crippen LogP contribution in [0.15, 0.2) is 58.7 Å². The van der Waals surface area contributed by atoms with Crippen LogP contribution in [-0.4, -0.2) is 69.5 Å². The fourth-order valence-corrected chi connectivity index (χ4v) is 5.16. The largest absolute Gasteiger partial charge is 0.444 e. The Morgan fingerprint density at radius 3 is 2.50 bits per heavy atom. The molecule has 2 unspecified atom stereocenters. The molecule has 0 radical (unpaired) electrons. The molecule has 2 heterocycles. The molecule has 232 valence electrons. The molecular weight excluding hydrogens is 571 g/mol. The van der Waals surface area contributed by atoms with Gasteiger partial charge in [-0.2, -0.15) is 13.2 Å². The third-order valence-electron chi connectivity index (χ3n) is 6.94. The number of amides is 1. The molecule has 2 aromatic rings. The number of carbonyl (C=O) groups is 1. The first kappa shape index (κ1) is 33.5. The summed E-state index contributed by atoms with van der Waals surface area (Å²) >= 11 is 0. The van der Waals surface area contributed by atoms with Gasteiger partial charge in [0, 0.05) is 24.7 Å². The lowest BCUT2D eigenvalue weighted by Gasteiger charge is -2.34. The number of aliphatic hydroxyl groups excluding tert-OH is 1. The molecule has 1 aromatic heterocycles. The van der Waals surface area contributed by atoms with E-state index >= 15 is 0 Å². The van der Waals surface area contributed by atoms with Crippen LogP contribution in [0.2, 0.25) is 0 Å². The first-order valence-corrected chi connectivity index (χ1v) is 15.1. The summed E-state index contributed by atoms with van der Waals surface area (Å²) in [7, 11) is -1.62. The third-order valence-corrected chi connectivity index (χ3v) is 7.99. The maximum atomic E-state index is 13.0. The number of rotatable bonds is 13. The standard InChI is InChI=1S/C29H40F3N5O4S/c1-5-6-9-22(24(38)16-35-42(40)26-10-7-8-15-33-26)36-27(39)41-25(28(2,3)4)18-37-17-23(34-19-37)20-11-13-21(14-12-20)29(30,31)32/h7-8,10-15,19,22-25,35,38H,5-6,9,16-18H2,1-4H3,(H,36,39)/t22-,23?,24-,25+,42?/m0/s1. The molecule has 3 rings (SSSR count). The van der Waals surface area contributed by atoms with Crippen LogP contribution in [-0.2, 0) is 21.9 Å². The quantitative estimate of drug-likeness (QED) is 0.298. The number of hydrogen-bond acceptors (Lipinski definition) is 7. The Kier molecular flexibility index (Phi) is 11.9. The minimum Gasteiger partial charge on any atom is -0.444 e. The van der Waals surface area contributed by atoms with Gasteiger partial charge >= 0.3 is 12.3 Å². The number of nitrogens with one attached hydrogen (secondary N) is 2. The highest BCUT2D eigenvalue weighted by atomic mass is 32.2. The molecule has 0 fully saturated rings. The number of benzene rings is 1. The van der Waals surface area contributed by atoms with Crippen molar-refractivity contribution >= 4 is 23.4 Å². The van der Waals surface area contributed by atoms with Gasteiger partial charge in [-0.1, -0.05) is 58.7 Å². The smallest absolute Gasteiger partial charge is 0.416 e. The Balaban J connectivity index is 1.57. The summed E-state index contributed by atoms with van der Waals surface area (Å²) in [6, 6.07) is 9.04. The fraction of sp³-hybridized carbons (Fsp3) is 0.552. The second-order valence-electron chi connectivity index (χ2n) is 11.4. The lowest BCUT2D eigenvalue weighted by atomic mass is 9.88. The molecule has 13 heteroatoms. The van der Waals surface area contributed by atoms with E-state index in [9.17, 15) is 27.3 Å². The van der Waals surface area contributed by atoms with Crippen molar-refractivity contribution in [1.82, 2.24) is 19.9 Å². The van der Waals surface area contributed by atoms with E-state index < -0.39 is 52.5 Å². The molecule has 0 bridgehead atoms. The van der Waals surface area contributed by atoms with Gasteiger partial charge in [-0.05, 0) is 36.2 Å². The van der Waals surface area contributed by atoms with Crippen molar-refractivity contribution in [3.05, 3.63) is 59.8 Å². The number of alkyl halides is 3. The summed E-state index contributed by atoms with van der Waals surface area (Å²) < 4.78 is 59.8. The van der Waals surface area contributed by atoms with Crippen molar-refractivity contribution < 1.29 is 32.0 Å². The van der Waals surface area contributed by atoms with Gasteiger partial charge in [-0.3, -0.25) is 4.99 Å². The predicted molar refractivity (Wildman–Crippen MR) is 155 cm³/mol. The van der Waals surface area contributed by atoms with Crippen molar-refractivity contribution in [2.24, 2.45) is 10.4 Å². The van der Waals surface area contributed by atoms with Crippen molar-refractivity contribution in [1.29, 1.82) is 0 Å². The maximum Gasteiger partial charge on any atom is 0.416 e. The van der Waals surface area contributed by atoms with Gasteiger partial charge < -0.3 is 20.1 Å². The predicted octanol–water partition coefficient (Wildman–Crippen LogP) is 4.86. The van der Waals surface area contributed by atoms with E-state index in [1.54, 1.807) is 24.5 Å². The Bertz CT molecular complexity index is 1190. The van der Waals surface area contributed by atoms with Gasteiger partial charge in [-0.15, -0.1) is 0 Å². The molecular formula is C29H40F3N5O4S. The summed E-state index contributed by atoms with van der Waals surface area (Å²) in [5.74, 6) is 0. The zero-order chi connectivity index (χ0) is 30.9. The zero-order valence-corrected chi connectivity index (χ0v) is 25.1. The van der Waals surface area contributed by atoms with Crippen LogP contribution in [0.3, 0.4) is 0 Å². The molecule has 0 aliphatic carbocycles. The van der Waals surface area contributed by atoms with Crippen LogP contribution in [0.5, 0.6) is 0 Å². The molecule has 1 aromatic carbocycles. The molecule has 0 saturated carbocycles. The number of pyridine rings is 1. The van der Waals surface area contributed by atoms with Crippen molar-refractivity contribution in [3.8, 4) is 0 Å². The number of aromatic nitrogens is 1. The van der Waals surface area contributed by atoms with Crippen LogP contribution in [0.25, 0.3) is 0 Å². The molecule has 9 nitrogen and oxygen atoms in total. The normalized spacial score (nSPS) is 18.4. The van der Waals surface area contributed by atoms with Crippen molar-refractivity contribution in [2.45, 2.75) is 82.5 Å². The molecule has 42 heavy (non-hydrogen) atoms. The number of hydrogen-bond donors (Lipinski definition) is 3. The number of ether oxygens (including phenoxy) is 1. The lowest BCUT2D eigenvalue weighted by Crippen LogP contribution is -2.50. The highest BCUT2D eigenvalue weighted by Crippen LogP contribution is 2.32. The summed E-state index contributed by atoms with van der Waals surface area (Å²) in [6.07, 6.45) is -1.41. The Morgan fingerprint density at radius 2 is 1.90 bits per heavy atom. The number of aliphatic imine (C=N–C) groups is 1. The van der Waals surface area contributed by atoms with Crippen LogP contribution in [0.4, 0.5) is 18.0 Å². The van der Waals surface area contributed by atoms with Crippen molar-refractivity contribution in [3.63, 3.8) is 0 Å². The van der Waals surface area contributed by atoms with E-state index in [1.807, 2.05) is 32.6 Å². The third kappa shape index (κ3) is 10.1. The monoisotopic (exact) mass is 611 g/mol. The molecule has 5 atom stereocenters. The highest BCUT2D eigenvalue weighted by Gasteiger charge is 2.34. The molecule has 1 amide bonds. The summed E-state index contributed by atoms with van der Waals surface area (Å²) in [5, 5.41) is 13.9. The van der Waals surface area contributed by atoms with Gasteiger partial charge in [0.1, 0.15) is 22.1 Å². The Labute approximate surface area is 247 Å². The number of nitrogens with zero attached hydrogens (tertiary/aromatic N) is 3. The highest BCUT2D eigenvalue weighted by molar-refractivity contribution is 7.83. The second-order valence-corrected chi connectivity index (χ2v) is 12.6. The molecule has 1 aliphatic heterocycles. The van der Waals surface area contributed by atoms with E-state index in [2.05, 4.69) is 20.0 Å². The average molecular weight is 612 g/mol. The summed E-state index contributed by atoms with van der Waals surface area (Å²) in [5.41, 5.74) is -0.494. The summed E-state index contributed by atoms with van der Waals surface area (Å²) in [4.78, 5) is 23.4. The van der Waals surface area contributed by atoms with E-state index in [-0.39, 0.29) is 12.6 Å². The Morgan fingerprint density at radius 1 is 1.19 bits per heavy atom. The number of aliphatic hydroxyl groups is 1. The Hall–Kier alpha value is -3.03. The molecule has 0 spiro atoms. The van der Waals surface area contributed by atoms with E-state index in [1.165, 1.54) is 18.3 Å². The van der Waals surface area contributed by atoms with Crippen LogP contribution in [0.1, 0.15) is 64.1 Å². The van der Waals surface area contributed by atoms with E-state index in [0.29, 0.717) is 30.1 Å². The van der Waals surface area contributed by atoms with E-state index in [0.717, 1.165) is 25.0 Å². The average Bonchev–Trinajstić information content (AvgIpc) is 3.41. The molecule has 1 aliphatic rings. The maximum absolute atomic E-state index is 13.0. The first-order valence-electron chi connectivity index (χ1n) is 13.9. The van der Waals surface area contributed by atoms with Crippen LogP contribution < -0.4 is 10.0 Å². The number of alkyl carbamates (subject to hydrolysis) is 1. The number of carbonyl (C=O) groups excluding carboxylic acids is 1. The van der Waals surface area contributed by atoms with Crippen molar-refractivity contribution in [2.75, 3.05) is 19.6 Å². The van der Waals surface area contributed by atoms with Crippen LogP contribution >= 0.6 is 0 Å². The first-order chi connectivity index (χ1) is 19.8. The minimum atomic E-state index is -4.40. The van der Waals surface area contributed by atoms with E-state index in [4.69, 9.17) is 4.74 Å². The molecule has 0 saturated heterocycles. The number of halogens is 3. The van der Waals surface area contributed by atoms with Crippen LogP contribution in [0, 0.1) is 5.41 Å². The van der Waals surface area contributed by atoms with Gasteiger partial charge in [0.15, 0.2) is 0 Å². The second kappa shape index (κ2) is 14.9. The van der Waals surface area contributed by atoms with Gasteiger partial charge in [0.2, 0.25) is 0 Å². The number of unbranched alkanes of at least 4 members (excludes halogenated alkanes) is 1. The lowest BCUT2D eigenvalue weighted by molar-refractivity contribution is -0.137. The minimum absolute atomic E-state index is 0.0316. The summed E-state index contributed by atoms with van der Waals surface area (Å²) in [6.45, 7) is 8.53. The molecule has 3 N–H and O–H groups in total. The van der Waals surface area contributed by atoms with Gasteiger partial charge in [0.25, 0.3) is 0 Å². The van der Waals surface area contributed by atoms with Gasteiger partial charge in [-0.25, -0.2) is 18.7 Å². The topological polar surface area (TPSA) is 116 Å². The van der Waals surface area contributed by atoms with Gasteiger partial charge in [0.05, 0.1) is 36.6 Å². The SMILES string of the molecule is CCCC[C@H](NC(=O)O[C@H](CN1C=NC(c2ccc(C(F)(F)F)cc2)C1)C(C)(C)C)[C@@H](O)CNS(=O)c1ccccn1. The zero-order valence-electron chi connectivity index (χ0n) is 24.3.